The summed E-state index contributed by atoms with van der Waals surface area (Å²) in [6.45, 7) is 4.06. The van der Waals surface area contributed by atoms with Crippen LogP contribution in [0.3, 0.4) is 0 Å². The van der Waals surface area contributed by atoms with E-state index in [2.05, 4.69) is 22.2 Å². The molecule has 0 aliphatic carbocycles. The highest BCUT2D eigenvalue weighted by atomic mass is 16.5. The number of rotatable bonds is 6. The Hall–Kier alpha value is -3.16. The van der Waals surface area contributed by atoms with E-state index in [4.69, 9.17) is 9.47 Å². The zero-order chi connectivity index (χ0) is 19.3. The van der Waals surface area contributed by atoms with E-state index in [0.29, 0.717) is 30.6 Å². The molecule has 0 bridgehead atoms. The molecule has 1 fully saturated rings. The molecule has 1 aliphatic heterocycles. The molecule has 28 heavy (non-hydrogen) atoms. The molecule has 1 aliphatic rings. The predicted octanol–water partition coefficient (Wildman–Crippen LogP) is 2.13. The summed E-state index contributed by atoms with van der Waals surface area (Å²) in [5, 5.41) is 11.9. The topological polar surface area (TPSA) is 81.8 Å². The summed E-state index contributed by atoms with van der Waals surface area (Å²) in [5.74, 6) is 1.53. The van der Waals surface area contributed by atoms with Crippen LogP contribution >= 0.6 is 0 Å². The Balaban J connectivity index is 1.27. The number of ether oxygens (including phenoxy) is 2. The molecule has 0 saturated carbocycles. The van der Waals surface area contributed by atoms with Crippen molar-refractivity contribution in [2.24, 2.45) is 5.92 Å². The van der Waals surface area contributed by atoms with Crippen molar-refractivity contribution in [3.63, 3.8) is 0 Å². The second-order valence-corrected chi connectivity index (χ2v) is 7.07. The van der Waals surface area contributed by atoms with Crippen LogP contribution in [0, 0.1) is 12.8 Å². The molecule has 8 nitrogen and oxygen atoms in total. The quantitative estimate of drug-likeness (QED) is 0.651. The van der Waals surface area contributed by atoms with Gasteiger partial charge in [-0.05, 0) is 38.0 Å². The largest absolute Gasteiger partial charge is 0.493 e. The Kier molecular flexibility index (Phi) is 5.36. The molecular formula is C20H23N5O3. The van der Waals surface area contributed by atoms with Gasteiger partial charge in [0.1, 0.15) is 12.1 Å². The third kappa shape index (κ3) is 4.39. The van der Waals surface area contributed by atoms with Gasteiger partial charge in [-0.3, -0.25) is 4.79 Å². The molecule has 1 aromatic carbocycles. The summed E-state index contributed by atoms with van der Waals surface area (Å²) in [7, 11) is 0. The van der Waals surface area contributed by atoms with Crippen LogP contribution in [-0.2, 0) is 4.79 Å². The Morgan fingerprint density at radius 1 is 1.18 bits per heavy atom. The summed E-state index contributed by atoms with van der Waals surface area (Å²) >= 11 is 0. The minimum Gasteiger partial charge on any atom is -0.493 e. The number of likely N-dealkylation sites (tertiary alicyclic amines) is 1. The third-order valence-corrected chi connectivity index (χ3v) is 4.86. The molecule has 0 spiro atoms. The molecule has 0 N–H and O–H groups in total. The van der Waals surface area contributed by atoms with Crippen molar-refractivity contribution >= 4 is 11.6 Å². The van der Waals surface area contributed by atoms with Crippen LogP contribution in [0.1, 0.15) is 18.4 Å². The third-order valence-electron chi connectivity index (χ3n) is 4.86. The lowest BCUT2D eigenvalue weighted by Gasteiger charge is -2.32. The van der Waals surface area contributed by atoms with Crippen molar-refractivity contribution in [3.8, 4) is 11.6 Å². The number of piperidine rings is 1. The fourth-order valence-corrected chi connectivity index (χ4v) is 3.29. The number of carbonyl (C=O) groups is 1. The second-order valence-electron chi connectivity index (χ2n) is 7.07. The van der Waals surface area contributed by atoms with Crippen molar-refractivity contribution in [1.29, 1.82) is 0 Å². The van der Waals surface area contributed by atoms with Crippen molar-refractivity contribution in [1.82, 2.24) is 24.7 Å². The minimum atomic E-state index is -0.0364. The number of benzene rings is 1. The summed E-state index contributed by atoms with van der Waals surface area (Å²) < 4.78 is 13.0. The fraction of sp³-hybridized carbons (Fsp3) is 0.400. The van der Waals surface area contributed by atoms with Crippen molar-refractivity contribution in [2.45, 2.75) is 19.8 Å². The Morgan fingerprint density at radius 2 is 2.04 bits per heavy atom. The standard InChI is InChI=1S/C20H23N5O3/c1-15-4-6-17(7-5-15)27-12-16-3-2-10-24(11-16)20(26)13-28-19-9-8-18-22-21-14-25(18)23-19/h4-9,14,16H,2-3,10-13H2,1H3/t16-/m1/s1. The second kappa shape index (κ2) is 8.24. The molecule has 1 atom stereocenters. The van der Waals surface area contributed by atoms with Crippen LogP contribution < -0.4 is 9.47 Å². The van der Waals surface area contributed by atoms with Gasteiger partial charge in [0.05, 0.1) is 6.61 Å². The van der Waals surface area contributed by atoms with Gasteiger partial charge in [0.25, 0.3) is 5.91 Å². The van der Waals surface area contributed by atoms with E-state index in [0.717, 1.165) is 25.1 Å². The number of hydrogen-bond acceptors (Lipinski definition) is 6. The Labute approximate surface area is 163 Å². The van der Waals surface area contributed by atoms with E-state index in [-0.39, 0.29) is 12.5 Å². The summed E-state index contributed by atoms with van der Waals surface area (Å²) in [6, 6.07) is 11.5. The van der Waals surface area contributed by atoms with Gasteiger partial charge in [0.2, 0.25) is 5.88 Å². The maximum atomic E-state index is 12.5. The van der Waals surface area contributed by atoms with E-state index in [9.17, 15) is 4.79 Å². The normalized spacial score (nSPS) is 16.9. The molecule has 1 amide bonds. The minimum absolute atomic E-state index is 0.0355. The van der Waals surface area contributed by atoms with Crippen LogP contribution in [0.5, 0.6) is 11.6 Å². The SMILES string of the molecule is Cc1ccc(OC[C@@H]2CCCN(C(=O)COc3ccc4nncn4n3)C2)cc1. The van der Waals surface area contributed by atoms with Crippen LogP contribution in [0.2, 0.25) is 0 Å². The van der Waals surface area contributed by atoms with Gasteiger partial charge in [-0.25, -0.2) is 0 Å². The van der Waals surface area contributed by atoms with Gasteiger partial charge in [0, 0.05) is 25.1 Å². The van der Waals surface area contributed by atoms with Crippen molar-refractivity contribution < 1.29 is 14.3 Å². The highest BCUT2D eigenvalue weighted by Crippen LogP contribution is 2.19. The highest BCUT2D eigenvalue weighted by molar-refractivity contribution is 5.77. The predicted molar refractivity (Wildman–Crippen MR) is 102 cm³/mol. The van der Waals surface area contributed by atoms with Crippen molar-refractivity contribution in [2.75, 3.05) is 26.3 Å². The molecule has 0 unspecified atom stereocenters. The maximum Gasteiger partial charge on any atom is 0.260 e. The van der Waals surface area contributed by atoms with Crippen LogP contribution in [0.25, 0.3) is 5.65 Å². The first-order valence-corrected chi connectivity index (χ1v) is 9.44. The molecule has 1 saturated heterocycles. The summed E-state index contributed by atoms with van der Waals surface area (Å²) in [5.41, 5.74) is 1.84. The molecule has 0 radical (unpaired) electrons. The van der Waals surface area contributed by atoms with Crippen LogP contribution in [0.4, 0.5) is 0 Å². The molecule has 3 heterocycles. The molecule has 146 valence electrons. The van der Waals surface area contributed by atoms with Crippen molar-refractivity contribution in [3.05, 3.63) is 48.3 Å². The average molecular weight is 381 g/mol. The average Bonchev–Trinajstić information content (AvgIpc) is 3.20. The summed E-state index contributed by atoms with van der Waals surface area (Å²) in [6.07, 6.45) is 3.52. The summed E-state index contributed by atoms with van der Waals surface area (Å²) in [4.78, 5) is 14.4. The lowest BCUT2D eigenvalue weighted by Crippen LogP contribution is -2.43. The monoisotopic (exact) mass is 381 g/mol. The first-order chi connectivity index (χ1) is 13.7. The van der Waals surface area contributed by atoms with Gasteiger partial charge < -0.3 is 14.4 Å². The highest BCUT2D eigenvalue weighted by Gasteiger charge is 2.24. The first-order valence-electron chi connectivity index (χ1n) is 9.44. The molecular weight excluding hydrogens is 358 g/mol. The van der Waals surface area contributed by atoms with Gasteiger partial charge in [-0.2, -0.15) is 4.52 Å². The van der Waals surface area contributed by atoms with E-state index >= 15 is 0 Å². The van der Waals surface area contributed by atoms with Crippen LogP contribution in [0.15, 0.2) is 42.7 Å². The number of fused-ring (bicyclic) bond motifs is 1. The fourth-order valence-electron chi connectivity index (χ4n) is 3.29. The zero-order valence-electron chi connectivity index (χ0n) is 15.8. The van der Waals surface area contributed by atoms with E-state index in [1.165, 1.54) is 16.4 Å². The molecule has 2 aromatic heterocycles. The van der Waals surface area contributed by atoms with Gasteiger partial charge in [-0.1, -0.05) is 17.7 Å². The number of amides is 1. The van der Waals surface area contributed by atoms with E-state index in [1.54, 1.807) is 12.1 Å². The number of aryl methyl sites for hydroxylation is 1. The number of nitrogens with zero attached hydrogens (tertiary/aromatic N) is 5. The smallest absolute Gasteiger partial charge is 0.260 e. The van der Waals surface area contributed by atoms with E-state index < -0.39 is 0 Å². The molecule has 3 aromatic rings. The van der Waals surface area contributed by atoms with E-state index in [1.807, 2.05) is 29.2 Å². The zero-order valence-corrected chi connectivity index (χ0v) is 15.8. The number of carbonyl (C=O) groups excluding carboxylic acids is 1. The van der Waals surface area contributed by atoms with Gasteiger partial charge in [0.15, 0.2) is 12.3 Å². The van der Waals surface area contributed by atoms with Crippen LogP contribution in [-0.4, -0.2) is 56.9 Å². The Morgan fingerprint density at radius 3 is 2.89 bits per heavy atom. The Bertz CT molecular complexity index is 940. The number of hydrogen-bond donors (Lipinski definition) is 0. The first kappa shape index (κ1) is 18.2. The number of aromatic nitrogens is 4. The van der Waals surface area contributed by atoms with Gasteiger partial charge in [-0.15, -0.1) is 15.3 Å². The lowest BCUT2D eigenvalue weighted by molar-refractivity contribution is -0.135. The van der Waals surface area contributed by atoms with Gasteiger partial charge >= 0.3 is 0 Å². The molecule has 8 heteroatoms. The lowest BCUT2D eigenvalue weighted by atomic mass is 9.99. The maximum absolute atomic E-state index is 12.5. The molecule has 4 rings (SSSR count).